The van der Waals surface area contributed by atoms with Crippen molar-refractivity contribution < 1.29 is 14.3 Å². The number of nitrogens with one attached hydrogen (secondary N) is 3. The molecule has 2 aromatic carbocycles. The maximum absolute atomic E-state index is 12.9. The summed E-state index contributed by atoms with van der Waals surface area (Å²) in [6.45, 7) is 7.31. The minimum Gasteiger partial charge on any atom is -0.457 e. The van der Waals surface area contributed by atoms with Gasteiger partial charge in [0.1, 0.15) is 23.0 Å². The molecule has 3 N–H and O–H groups in total. The summed E-state index contributed by atoms with van der Waals surface area (Å²) in [6, 6.07) is 17.5. The number of aromatic nitrogens is 2. The van der Waals surface area contributed by atoms with Gasteiger partial charge in [-0.3, -0.25) is 4.79 Å². The SMILES string of the molecule is CC/C(C)=C/C(=N)c1c(-c2ccc(Oc3ccccc3)cc2)nn(C2CCN(C(=O)C=CCNCCOC)C2)c1NC. The van der Waals surface area contributed by atoms with Gasteiger partial charge in [0.05, 0.1) is 23.9 Å². The lowest BCUT2D eigenvalue weighted by Gasteiger charge is -2.17. The molecule has 9 heteroatoms. The Morgan fingerprint density at radius 3 is 2.57 bits per heavy atom. The topological polar surface area (TPSA) is 105 Å². The Kier molecular flexibility index (Phi) is 11.1. The highest BCUT2D eigenvalue weighted by Gasteiger charge is 2.31. The average molecular weight is 571 g/mol. The fourth-order valence-corrected chi connectivity index (χ4v) is 4.89. The van der Waals surface area contributed by atoms with Gasteiger partial charge in [0.25, 0.3) is 0 Å². The number of para-hydroxylation sites is 1. The zero-order valence-electron chi connectivity index (χ0n) is 25.0. The lowest BCUT2D eigenvalue weighted by molar-refractivity contribution is -0.125. The Morgan fingerprint density at radius 1 is 1.14 bits per heavy atom. The number of anilines is 1. The van der Waals surface area contributed by atoms with Gasteiger partial charge in [0.15, 0.2) is 0 Å². The summed E-state index contributed by atoms with van der Waals surface area (Å²) >= 11 is 0. The number of likely N-dealkylation sites (tertiary alicyclic amines) is 1. The Morgan fingerprint density at radius 2 is 1.88 bits per heavy atom. The number of ether oxygens (including phenoxy) is 2. The highest BCUT2D eigenvalue weighted by molar-refractivity contribution is 6.14. The number of rotatable bonds is 14. The molecule has 4 rings (SSSR count). The molecule has 222 valence electrons. The summed E-state index contributed by atoms with van der Waals surface area (Å²) in [6.07, 6.45) is 7.04. The lowest BCUT2D eigenvalue weighted by atomic mass is 10.0. The first-order valence-corrected chi connectivity index (χ1v) is 14.5. The zero-order valence-corrected chi connectivity index (χ0v) is 25.0. The number of carbonyl (C=O) groups excluding carboxylic acids is 1. The summed E-state index contributed by atoms with van der Waals surface area (Å²) in [5, 5.41) is 20.6. The maximum atomic E-state index is 12.9. The first kappa shape index (κ1) is 30.7. The molecule has 0 spiro atoms. The zero-order chi connectivity index (χ0) is 29.9. The number of carbonyl (C=O) groups is 1. The molecule has 0 aliphatic carbocycles. The number of hydrogen-bond acceptors (Lipinski definition) is 7. The number of nitrogens with zero attached hydrogens (tertiary/aromatic N) is 3. The van der Waals surface area contributed by atoms with Crippen LogP contribution >= 0.6 is 0 Å². The molecule has 0 bridgehead atoms. The van der Waals surface area contributed by atoms with Gasteiger partial charge in [0, 0.05) is 52.0 Å². The van der Waals surface area contributed by atoms with Gasteiger partial charge in [0.2, 0.25) is 5.91 Å². The molecule has 3 aromatic rings. The van der Waals surface area contributed by atoms with Crippen LogP contribution in [-0.2, 0) is 9.53 Å². The molecule has 42 heavy (non-hydrogen) atoms. The molecule has 0 radical (unpaired) electrons. The molecule has 1 unspecified atom stereocenters. The predicted octanol–water partition coefficient (Wildman–Crippen LogP) is 5.67. The van der Waals surface area contributed by atoms with Gasteiger partial charge in [-0.25, -0.2) is 4.68 Å². The van der Waals surface area contributed by atoms with E-state index in [1.165, 1.54) is 0 Å². The summed E-state index contributed by atoms with van der Waals surface area (Å²) in [7, 11) is 3.53. The second-order valence-corrected chi connectivity index (χ2v) is 10.3. The molecule has 1 atom stereocenters. The van der Waals surface area contributed by atoms with Crippen LogP contribution < -0.4 is 15.4 Å². The van der Waals surface area contributed by atoms with E-state index in [1.54, 1.807) is 13.2 Å². The highest BCUT2D eigenvalue weighted by atomic mass is 16.5. The Hall–Kier alpha value is -4.21. The van der Waals surface area contributed by atoms with Crippen molar-refractivity contribution in [2.45, 2.75) is 32.7 Å². The van der Waals surface area contributed by atoms with Crippen molar-refractivity contribution >= 4 is 17.4 Å². The van der Waals surface area contributed by atoms with Gasteiger partial charge in [-0.05, 0) is 62.2 Å². The van der Waals surface area contributed by atoms with Crippen LogP contribution in [0.25, 0.3) is 11.3 Å². The van der Waals surface area contributed by atoms with E-state index < -0.39 is 0 Å². The molecular formula is C33H42N6O3. The average Bonchev–Trinajstić information content (AvgIpc) is 3.65. The third-order valence-electron chi connectivity index (χ3n) is 7.30. The molecule has 9 nitrogen and oxygen atoms in total. The molecule has 1 aromatic heterocycles. The first-order chi connectivity index (χ1) is 20.4. The minimum atomic E-state index is -0.0122. The van der Waals surface area contributed by atoms with Gasteiger partial charge in [-0.15, -0.1) is 0 Å². The molecular weight excluding hydrogens is 528 g/mol. The van der Waals surface area contributed by atoms with Gasteiger partial charge < -0.3 is 30.4 Å². The van der Waals surface area contributed by atoms with Crippen LogP contribution in [0.4, 0.5) is 5.82 Å². The standard InChI is InChI=1S/C33H42N6O3/c1-5-24(2)22-29(34)31-32(25-13-15-28(16-14-25)42-27-10-7-6-8-11-27)37-39(33(31)35-3)26-17-20-38(23-26)30(40)12-9-18-36-19-21-41-4/h6-16,22,26,34-36H,5,17-21,23H2,1-4H3/b12-9?,24-22+,34-29?. The number of hydrogen-bond donors (Lipinski definition) is 3. The largest absolute Gasteiger partial charge is 0.457 e. The second-order valence-electron chi connectivity index (χ2n) is 10.3. The molecule has 1 saturated heterocycles. The van der Waals surface area contributed by atoms with Crippen molar-refractivity contribution in [1.29, 1.82) is 5.41 Å². The molecule has 2 heterocycles. The fraction of sp³-hybridized carbons (Fsp3) is 0.364. The third-order valence-corrected chi connectivity index (χ3v) is 7.30. The van der Waals surface area contributed by atoms with Gasteiger partial charge >= 0.3 is 0 Å². The molecule has 0 saturated carbocycles. The van der Waals surface area contributed by atoms with E-state index in [1.807, 2.05) is 90.3 Å². The summed E-state index contributed by atoms with van der Waals surface area (Å²) < 4.78 is 13.0. The Balaban J connectivity index is 1.59. The van der Waals surface area contributed by atoms with Crippen LogP contribution in [0, 0.1) is 5.41 Å². The Bertz CT molecular complexity index is 1400. The van der Waals surface area contributed by atoms with E-state index >= 15 is 0 Å². The van der Waals surface area contributed by atoms with E-state index in [4.69, 9.17) is 20.0 Å². The summed E-state index contributed by atoms with van der Waals surface area (Å²) in [5.74, 6) is 2.26. The van der Waals surface area contributed by atoms with E-state index in [9.17, 15) is 4.79 Å². The number of methoxy groups -OCH3 is 1. The summed E-state index contributed by atoms with van der Waals surface area (Å²) in [4.78, 5) is 14.7. The van der Waals surface area contributed by atoms with Crippen molar-refractivity contribution in [2.75, 3.05) is 52.3 Å². The van der Waals surface area contributed by atoms with Crippen molar-refractivity contribution in [1.82, 2.24) is 20.0 Å². The first-order valence-electron chi connectivity index (χ1n) is 14.5. The number of benzene rings is 2. The summed E-state index contributed by atoms with van der Waals surface area (Å²) in [5.41, 5.74) is 3.88. The van der Waals surface area contributed by atoms with E-state index in [2.05, 4.69) is 17.6 Å². The van der Waals surface area contributed by atoms with E-state index in [-0.39, 0.29) is 11.9 Å². The normalized spacial score (nSPS) is 15.4. The second kappa shape index (κ2) is 15.1. The van der Waals surface area contributed by atoms with Crippen LogP contribution in [0.5, 0.6) is 11.5 Å². The van der Waals surface area contributed by atoms with Gasteiger partial charge in [-0.2, -0.15) is 5.10 Å². The fourth-order valence-electron chi connectivity index (χ4n) is 4.89. The lowest BCUT2D eigenvalue weighted by Crippen LogP contribution is -2.28. The van der Waals surface area contributed by atoms with Crippen molar-refractivity contribution in [3.63, 3.8) is 0 Å². The third kappa shape index (κ3) is 7.74. The molecule has 1 aliphatic heterocycles. The minimum absolute atomic E-state index is 0.00657. The van der Waals surface area contributed by atoms with Crippen molar-refractivity contribution in [3.05, 3.63) is 84.0 Å². The van der Waals surface area contributed by atoms with Crippen molar-refractivity contribution in [3.8, 4) is 22.8 Å². The molecule has 1 fully saturated rings. The number of allylic oxidation sites excluding steroid dienone is 2. The Labute approximate surface area is 248 Å². The van der Waals surface area contributed by atoms with E-state index in [0.29, 0.717) is 32.0 Å². The smallest absolute Gasteiger partial charge is 0.246 e. The predicted molar refractivity (Wildman–Crippen MR) is 169 cm³/mol. The molecule has 1 amide bonds. The van der Waals surface area contributed by atoms with Crippen LogP contribution in [0.15, 0.2) is 78.4 Å². The highest BCUT2D eigenvalue weighted by Crippen LogP contribution is 2.35. The van der Waals surface area contributed by atoms with E-state index in [0.717, 1.165) is 59.1 Å². The van der Waals surface area contributed by atoms with Crippen LogP contribution in [0.3, 0.4) is 0 Å². The van der Waals surface area contributed by atoms with Crippen molar-refractivity contribution in [2.24, 2.45) is 0 Å². The van der Waals surface area contributed by atoms with Crippen LogP contribution in [0.2, 0.25) is 0 Å². The van der Waals surface area contributed by atoms with Gasteiger partial charge in [-0.1, -0.05) is 36.8 Å². The van der Waals surface area contributed by atoms with Crippen LogP contribution in [0.1, 0.15) is 38.3 Å². The quantitative estimate of drug-likeness (QED) is 0.131. The van der Waals surface area contributed by atoms with Crippen LogP contribution in [-0.4, -0.2) is 73.2 Å². The molecule has 1 aliphatic rings. The maximum Gasteiger partial charge on any atom is 0.246 e. The monoisotopic (exact) mass is 570 g/mol. The number of amides is 1.